The maximum Gasteiger partial charge on any atom is 0.311 e. The van der Waals surface area contributed by atoms with Gasteiger partial charge in [-0.15, -0.1) is 0 Å². The maximum absolute atomic E-state index is 12.3. The van der Waals surface area contributed by atoms with Gasteiger partial charge >= 0.3 is 5.97 Å². The second kappa shape index (κ2) is 9.72. The molecular formula is C22H42N3O2+. The average molecular weight is 381 g/mol. The van der Waals surface area contributed by atoms with E-state index in [0.717, 1.165) is 43.4 Å². The van der Waals surface area contributed by atoms with Gasteiger partial charge in [0, 0.05) is 24.9 Å². The first kappa shape index (κ1) is 23.7. The molecule has 0 spiro atoms. The van der Waals surface area contributed by atoms with Crippen LogP contribution in [0.3, 0.4) is 0 Å². The molecule has 1 rings (SSSR count). The molecule has 0 bridgehead atoms. The topological polar surface area (TPSA) is 44.1 Å². The number of aromatic nitrogens is 2. The molecule has 0 N–H and O–H groups in total. The van der Waals surface area contributed by atoms with E-state index in [0.29, 0.717) is 13.0 Å². The first-order chi connectivity index (χ1) is 12.4. The standard InChI is InChI=1S/C22H42N3O2/c1-9-21(3,4)16-22(5,6)17-27-20(26)12-14-25(7,8)13-11-19-15-23-18-24(19)10-2/h15,18H,9-14,16-17H2,1-8H3/q+1. The van der Waals surface area contributed by atoms with Crippen molar-refractivity contribution in [2.24, 2.45) is 10.8 Å². The maximum atomic E-state index is 12.3. The molecule has 0 aliphatic rings. The van der Waals surface area contributed by atoms with Gasteiger partial charge in [-0.2, -0.15) is 0 Å². The third-order valence-electron chi connectivity index (χ3n) is 5.57. The fourth-order valence-corrected chi connectivity index (χ4v) is 3.58. The molecule has 0 saturated carbocycles. The predicted molar refractivity (Wildman–Crippen MR) is 111 cm³/mol. The fraction of sp³-hybridized carbons (Fsp3) is 0.818. The summed E-state index contributed by atoms with van der Waals surface area (Å²) in [6.45, 7) is 16.5. The van der Waals surface area contributed by atoms with Crippen molar-refractivity contribution in [1.82, 2.24) is 9.55 Å². The largest absolute Gasteiger partial charge is 0.465 e. The van der Waals surface area contributed by atoms with E-state index in [4.69, 9.17) is 4.74 Å². The van der Waals surface area contributed by atoms with Gasteiger partial charge in [-0.25, -0.2) is 4.98 Å². The Hall–Kier alpha value is -1.36. The zero-order valence-electron chi connectivity index (χ0n) is 19.0. The molecule has 5 nitrogen and oxygen atoms in total. The Morgan fingerprint density at radius 3 is 2.41 bits per heavy atom. The number of nitrogens with zero attached hydrogens (tertiary/aromatic N) is 3. The lowest BCUT2D eigenvalue weighted by Gasteiger charge is -2.34. The van der Waals surface area contributed by atoms with Crippen molar-refractivity contribution in [2.45, 2.75) is 73.8 Å². The van der Waals surface area contributed by atoms with E-state index >= 15 is 0 Å². The van der Waals surface area contributed by atoms with Gasteiger partial charge < -0.3 is 13.8 Å². The minimum Gasteiger partial charge on any atom is -0.465 e. The molecule has 156 valence electrons. The van der Waals surface area contributed by atoms with Gasteiger partial charge in [0.05, 0.1) is 46.5 Å². The van der Waals surface area contributed by atoms with Gasteiger partial charge in [0.2, 0.25) is 0 Å². The SMILES string of the molecule is CCn1cncc1CC[N+](C)(C)CCC(=O)OCC(C)(C)CC(C)(C)CC. The second-order valence-corrected chi connectivity index (χ2v) is 10.1. The monoisotopic (exact) mass is 380 g/mol. The van der Waals surface area contributed by atoms with Crippen molar-refractivity contribution in [1.29, 1.82) is 0 Å². The van der Waals surface area contributed by atoms with Crippen LogP contribution in [0.25, 0.3) is 0 Å². The minimum atomic E-state index is -0.0813. The number of aryl methyl sites for hydroxylation is 1. The number of hydrogen-bond donors (Lipinski definition) is 0. The normalized spacial score (nSPS) is 13.0. The summed E-state index contributed by atoms with van der Waals surface area (Å²) < 4.78 is 8.59. The van der Waals surface area contributed by atoms with E-state index < -0.39 is 0 Å². The van der Waals surface area contributed by atoms with Crippen LogP contribution in [0.2, 0.25) is 0 Å². The van der Waals surface area contributed by atoms with Crippen molar-refractivity contribution in [3.63, 3.8) is 0 Å². The Labute approximate surface area is 166 Å². The highest BCUT2D eigenvalue weighted by atomic mass is 16.5. The summed E-state index contributed by atoms with van der Waals surface area (Å²) in [5, 5.41) is 0. The summed E-state index contributed by atoms with van der Waals surface area (Å²) >= 11 is 0. The van der Waals surface area contributed by atoms with Gasteiger partial charge in [-0.3, -0.25) is 4.79 Å². The Morgan fingerprint density at radius 1 is 1.15 bits per heavy atom. The average Bonchev–Trinajstić information content (AvgIpc) is 3.03. The van der Waals surface area contributed by atoms with Gasteiger partial charge in [0.1, 0.15) is 0 Å². The molecule has 1 heterocycles. The number of esters is 1. The number of rotatable bonds is 12. The summed E-state index contributed by atoms with van der Waals surface area (Å²) in [7, 11) is 4.35. The molecule has 1 aromatic rings. The molecule has 0 fully saturated rings. The molecule has 0 aromatic carbocycles. The number of carbonyl (C=O) groups is 1. The van der Waals surface area contributed by atoms with Crippen LogP contribution in [0, 0.1) is 10.8 Å². The summed E-state index contributed by atoms with van der Waals surface area (Å²) in [5.41, 5.74) is 1.55. The van der Waals surface area contributed by atoms with Gasteiger partial charge in [-0.1, -0.05) is 41.0 Å². The molecule has 0 aliphatic heterocycles. The lowest BCUT2D eigenvalue weighted by atomic mass is 9.74. The molecule has 5 heteroatoms. The number of hydrogen-bond acceptors (Lipinski definition) is 3. The fourth-order valence-electron chi connectivity index (χ4n) is 3.58. The quantitative estimate of drug-likeness (QED) is 0.401. The molecule has 0 unspecified atom stereocenters. The third kappa shape index (κ3) is 8.91. The van der Waals surface area contributed by atoms with E-state index in [-0.39, 0.29) is 16.8 Å². The van der Waals surface area contributed by atoms with Crippen LogP contribution in [0.5, 0.6) is 0 Å². The molecule has 0 amide bonds. The summed E-state index contributed by atoms with van der Waals surface area (Å²) in [5.74, 6) is -0.0813. The minimum absolute atomic E-state index is 0.0120. The van der Waals surface area contributed by atoms with Crippen molar-refractivity contribution >= 4 is 5.97 Å². The van der Waals surface area contributed by atoms with Crippen molar-refractivity contribution < 1.29 is 14.0 Å². The zero-order valence-corrected chi connectivity index (χ0v) is 19.0. The predicted octanol–water partition coefficient (Wildman–Crippen LogP) is 4.31. The third-order valence-corrected chi connectivity index (χ3v) is 5.57. The van der Waals surface area contributed by atoms with Crippen LogP contribution in [0.1, 0.15) is 66.5 Å². The number of carbonyl (C=O) groups excluding carboxylic acids is 1. The number of imidazole rings is 1. The molecule has 0 radical (unpaired) electrons. The van der Waals surface area contributed by atoms with E-state index in [2.05, 4.69) is 65.2 Å². The summed E-state index contributed by atoms with van der Waals surface area (Å²) in [6.07, 6.45) is 7.44. The van der Waals surface area contributed by atoms with Crippen molar-refractivity contribution in [3.05, 3.63) is 18.2 Å². The van der Waals surface area contributed by atoms with Crippen LogP contribution < -0.4 is 0 Å². The van der Waals surface area contributed by atoms with Crippen LogP contribution in [-0.4, -0.2) is 53.8 Å². The van der Waals surface area contributed by atoms with Gasteiger partial charge in [0.25, 0.3) is 0 Å². The molecule has 0 saturated heterocycles. The molecule has 1 aromatic heterocycles. The Morgan fingerprint density at radius 2 is 1.81 bits per heavy atom. The van der Waals surface area contributed by atoms with E-state index in [1.807, 2.05) is 12.5 Å². The van der Waals surface area contributed by atoms with Crippen LogP contribution in [0.15, 0.2) is 12.5 Å². The van der Waals surface area contributed by atoms with E-state index in [1.54, 1.807) is 0 Å². The highest BCUT2D eigenvalue weighted by Crippen LogP contribution is 2.36. The van der Waals surface area contributed by atoms with Crippen LogP contribution in [0.4, 0.5) is 0 Å². The summed E-state index contributed by atoms with van der Waals surface area (Å²) in [4.78, 5) is 16.5. The first-order valence-corrected chi connectivity index (χ1v) is 10.4. The number of ether oxygens (including phenoxy) is 1. The molecule has 0 atom stereocenters. The first-order valence-electron chi connectivity index (χ1n) is 10.4. The Balaban J connectivity index is 2.39. The second-order valence-electron chi connectivity index (χ2n) is 10.1. The molecule has 27 heavy (non-hydrogen) atoms. The lowest BCUT2D eigenvalue weighted by Crippen LogP contribution is -2.43. The zero-order chi connectivity index (χ0) is 20.7. The van der Waals surface area contributed by atoms with Crippen LogP contribution >= 0.6 is 0 Å². The highest BCUT2D eigenvalue weighted by Gasteiger charge is 2.29. The number of likely N-dealkylation sites (N-methyl/N-ethyl adjacent to an activating group) is 1. The Bertz CT molecular complexity index is 588. The number of quaternary nitrogens is 1. The Kier molecular flexibility index (Phi) is 8.52. The van der Waals surface area contributed by atoms with Crippen molar-refractivity contribution in [2.75, 3.05) is 33.8 Å². The smallest absolute Gasteiger partial charge is 0.311 e. The summed E-state index contributed by atoms with van der Waals surface area (Å²) in [6, 6.07) is 0. The van der Waals surface area contributed by atoms with E-state index in [9.17, 15) is 4.79 Å². The molecular weight excluding hydrogens is 338 g/mol. The molecule has 0 aliphatic carbocycles. The van der Waals surface area contributed by atoms with Crippen LogP contribution in [-0.2, 0) is 22.5 Å². The van der Waals surface area contributed by atoms with E-state index in [1.165, 1.54) is 5.69 Å². The van der Waals surface area contributed by atoms with Gasteiger partial charge in [-0.05, 0) is 24.2 Å². The highest BCUT2D eigenvalue weighted by molar-refractivity contribution is 5.69. The lowest BCUT2D eigenvalue weighted by molar-refractivity contribution is -0.889. The van der Waals surface area contributed by atoms with Gasteiger partial charge in [0.15, 0.2) is 0 Å². The van der Waals surface area contributed by atoms with Crippen molar-refractivity contribution in [3.8, 4) is 0 Å².